The van der Waals surface area contributed by atoms with Crippen molar-refractivity contribution in [3.63, 3.8) is 0 Å². The van der Waals surface area contributed by atoms with Gasteiger partial charge in [0, 0.05) is 37.5 Å². The van der Waals surface area contributed by atoms with Gasteiger partial charge >= 0.3 is 12.1 Å². The van der Waals surface area contributed by atoms with E-state index in [1.807, 2.05) is 36.9 Å². The summed E-state index contributed by atoms with van der Waals surface area (Å²) >= 11 is 0. The molecule has 2 fully saturated rings. The number of rotatable bonds is 8. The molecule has 2 aliphatic heterocycles. The molecule has 0 saturated carbocycles. The first kappa shape index (κ1) is 33.3. The number of halogens is 3. The molecule has 0 bridgehead atoms. The topological polar surface area (TPSA) is 120 Å². The van der Waals surface area contributed by atoms with E-state index in [-0.39, 0.29) is 40.5 Å². The van der Waals surface area contributed by atoms with Crippen LogP contribution in [0.15, 0.2) is 54.7 Å². The van der Waals surface area contributed by atoms with Gasteiger partial charge in [-0.15, -0.1) is 0 Å². The molecule has 0 amide bonds. The minimum absolute atomic E-state index is 0.0715. The Morgan fingerprint density at radius 3 is 2.44 bits per heavy atom. The van der Waals surface area contributed by atoms with E-state index in [0.717, 1.165) is 35.1 Å². The highest BCUT2D eigenvalue weighted by atomic mass is 19.4. The summed E-state index contributed by atoms with van der Waals surface area (Å²) in [5, 5.41) is 7.72. The molecule has 1 unspecified atom stereocenters. The number of hydrogen-bond acceptors (Lipinski definition) is 9. The van der Waals surface area contributed by atoms with Crippen molar-refractivity contribution in [1.82, 2.24) is 25.1 Å². The summed E-state index contributed by atoms with van der Waals surface area (Å²) in [6.07, 6.45) is -3.34. The molecule has 4 heterocycles. The van der Waals surface area contributed by atoms with E-state index in [9.17, 15) is 18.0 Å². The second kappa shape index (κ2) is 13.1. The van der Waals surface area contributed by atoms with Crippen LogP contribution in [-0.4, -0.2) is 64.2 Å². The highest BCUT2D eigenvalue weighted by Crippen LogP contribution is 2.43. The van der Waals surface area contributed by atoms with Crippen molar-refractivity contribution in [3.05, 3.63) is 77.1 Å². The molecule has 0 radical (unpaired) electrons. The van der Waals surface area contributed by atoms with Gasteiger partial charge in [-0.25, -0.2) is 4.68 Å². The quantitative estimate of drug-likeness (QED) is 0.218. The summed E-state index contributed by atoms with van der Waals surface area (Å²) in [4.78, 5) is 22.6. The van der Waals surface area contributed by atoms with Gasteiger partial charge in [-0.05, 0) is 86.8 Å². The normalized spacial score (nSPS) is 18.2. The van der Waals surface area contributed by atoms with Crippen LogP contribution >= 0.6 is 0 Å². The summed E-state index contributed by atoms with van der Waals surface area (Å²) in [6, 6.07) is 13.5. The Morgan fingerprint density at radius 2 is 1.77 bits per heavy atom. The van der Waals surface area contributed by atoms with E-state index in [0.29, 0.717) is 44.2 Å². The van der Waals surface area contributed by atoms with E-state index in [1.165, 1.54) is 16.8 Å². The van der Waals surface area contributed by atoms with Crippen molar-refractivity contribution in [2.45, 2.75) is 65.3 Å². The molecule has 6 rings (SSSR count). The Bertz CT molecular complexity index is 1800. The Labute approximate surface area is 277 Å². The molecule has 48 heavy (non-hydrogen) atoms. The third kappa shape index (κ3) is 6.96. The Balaban J connectivity index is 1.28. The number of carbonyl (C=O) groups excluding carboxylic acids is 1. The number of nitrogen functional groups attached to an aromatic ring is 1. The number of benzene rings is 2. The SMILES string of the molecule is CCOC(=O)C1CC2(CCN(c3cc(O[C@H](c4ccc(-c5ccc(C)c(C)c5)cc4-n4ccc(C)n4)C(F)(F)F)nc(N)n3)CC2)CN1. The molecular formula is C35H40F3N7O3. The first-order valence-corrected chi connectivity index (χ1v) is 16.1. The van der Waals surface area contributed by atoms with Crippen molar-refractivity contribution >= 4 is 17.7 Å². The Kier molecular flexibility index (Phi) is 9.08. The molecule has 2 atom stereocenters. The molecule has 254 valence electrons. The van der Waals surface area contributed by atoms with Crippen LogP contribution in [0, 0.1) is 26.2 Å². The molecule has 10 nitrogen and oxygen atoms in total. The van der Waals surface area contributed by atoms with Gasteiger partial charge in [-0.1, -0.05) is 30.3 Å². The summed E-state index contributed by atoms with van der Waals surface area (Å²) in [5.41, 5.74) is 10.5. The number of esters is 1. The molecule has 4 aromatic rings. The van der Waals surface area contributed by atoms with Crippen LogP contribution in [-0.2, 0) is 9.53 Å². The van der Waals surface area contributed by atoms with Crippen LogP contribution in [0.5, 0.6) is 5.88 Å². The predicted octanol–water partition coefficient (Wildman–Crippen LogP) is 6.03. The second-order valence-electron chi connectivity index (χ2n) is 12.8. The number of nitrogens with two attached hydrogens (primary N) is 1. The van der Waals surface area contributed by atoms with Gasteiger partial charge in [0.05, 0.1) is 18.0 Å². The highest BCUT2D eigenvalue weighted by Gasteiger charge is 2.46. The lowest BCUT2D eigenvalue weighted by Gasteiger charge is -2.39. The average Bonchev–Trinajstić information content (AvgIpc) is 3.67. The molecule has 3 N–H and O–H groups in total. The van der Waals surface area contributed by atoms with Crippen LogP contribution in [0.1, 0.15) is 54.7 Å². The predicted molar refractivity (Wildman–Crippen MR) is 176 cm³/mol. The maximum absolute atomic E-state index is 14.9. The minimum Gasteiger partial charge on any atom is -0.465 e. The number of alkyl halides is 3. The number of carbonyl (C=O) groups is 1. The summed E-state index contributed by atoms with van der Waals surface area (Å²) in [6.45, 7) is 9.75. The molecular weight excluding hydrogens is 623 g/mol. The molecule has 1 spiro atoms. The number of piperidine rings is 1. The van der Waals surface area contributed by atoms with Gasteiger partial charge in [-0.3, -0.25) is 4.79 Å². The minimum atomic E-state index is -4.80. The Hall–Kier alpha value is -4.65. The standard InChI is InChI=1S/C35H40F3N7O3/c1-5-47-32(46)27-19-34(20-40-27)11-14-44(15-12-34)29-18-30(42-33(39)41-29)48-31(35(36,37)38)26-9-8-25(24-7-6-21(2)22(3)16-24)17-28(26)45-13-10-23(4)43-45/h6-10,13,16-18,27,31,40H,5,11-12,14-15,19-20H2,1-4H3,(H2,39,41,42)/t27?,31-/m1/s1. The van der Waals surface area contributed by atoms with E-state index in [4.69, 9.17) is 15.2 Å². The van der Waals surface area contributed by atoms with Gasteiger partial charge in [0.1, 0.15) is 11.9 Å². The van der Waals surface area contributed by atoms with Crippen molar-refractivity contribution in [2.75, 3.05) is 36.9 Å². The summed E-state index contributed by atoms with van der Waals surface area (Å²) in [7, 11) is 0. The molecule has 2 aromatic heterocycles. The maximum atomic E-state index is 14.9. The lowest BCUT2D eigenvalue weighted by molar-refractivity contribution is -0.198. The molecule has 0 aliphatic carbocycles. The third-order valence-corrected chi connectivity index (χ3v) is 9.44. The number of anilines is 2. The van der Waals surface area contributed by atoms with E-state index >= 15 is 0 Å². The number of nitrogens with zero attached hydrogens (tertiary/aromatic N) is 5. The fourth-order valence-electron chi connectivity index (χ4n) is 6.61. The number of aromatic nitrogens is 4. The average molecular weight is 664 g/mol. The van der Waals surface area contributed by atoms with Crippen LogP contribution in [0.25, 0.3) is 16.8 Å². The number of hydrogen-bond donors (Lipinski definition) is 2. The maximum Gasteiger partial charge on any atom is 0.429 e. The zero-order valence-electron chi connectivity index (χ0n) is 27.5. The first-order valence-electron chi connectivity index (χ1n) is 16.1. The molecule has 2 saturated heterocycles. The van der Waals surface area contributed by atoms with Gasteiger partial charge in [0.15, 0.2) is 0 Å². The monoisotopic (exact) mass is 663 g/mol. The molecule has 2 aliphatic rings. The second-order valence-corrected chi connectivity index (χ2v) is 12.8. The third-order valence-electron chi connectivity index (χ3n) is 9.44. The zero-order valence-corrected chi connectivity index (χ0v) is 27.5. The van der Waals surface area contributed by atoms with Crippen molar-refractivity contribution in [3.8, 4) is 22.7 Å². The van der Waals surface area contributed by atoms with E-state index < -0.39 is 12.3 Å². The van der Waals surface area contributed by atoms with Crippen LogP contribution < -0.4 is 20.7 Å². The highest BCUT2D eigenvalue weighted by molar-refractivity contribution is 5.76. The molecule has 13 heteroatoms. The van der Waals surface area contributed by atoms with Crippen LogP contribution in [0.3, 0.4) is 0 Å². The van der Waals surface area contributed by atoms with Gasteiger partial charge in [-0.2, -0.15) is 28.2 Å². The zero-order chi connectivity index (χ0) is 34.2. The van der Waals surface area contributed by atoms with Gasteiger partial charge in [0.2, 0.25) is 17.9 Å². The van der Waals surface area contributed by atoms with Gasteiger partial charge < -0.3 is 25.4 Å². The van der Waals surface area contributed by atoms with Crippen molar-refractivity contribution < 1.29 is 27.4 Å². The lowest BCUT2D eigenvalue weighted by atomic mass is 9.76. The fourth-order valence-corrected chi connectivity index (χ4v) is 6.61. The summed E-state index contributed by atoms with van der Waals surface area (Å²) < 4.78 is 57.0. The first-order chi connectivity index (χ1) is 22.8. The number of nitrogens with one attached hydrogen (secondary N) is 1. The lowest BCUT2D eigenvalue weighted by Crippen LogP contribution is -2.41. The van der Waals surface area contributed by atoms with E-state index in [1.54, 1.807) is 38.2 Å². The summed E-state index contributed by atoms with van der Waals surface area (Å²) in [5.74, 6) is -0.339. The van der Waals surface area contributed by atoms with Crippen LogP contribution in [0.2, 0.25) is 0 Å². The van der Waals surface area contributed by atoms with E-state index in [2.05, 4.69) is 20.4 Å². The van der Waals surface area contributed by atoms with Crippen molar-refractivity contribution in [1.29, 1.82) is 0 Å². The smallest absolute Gasteiger partial charge is 0.429 e. The fraction of sp³-hybridized carbons (Fsp3) is 0.429. The number of aryl methyl sites for hydroxylation is 3. The molecule has 2 aromatic carbocycles. The largest absolute Gasteiger partial charge is 0.465 e. The Morgan fingerprint density at radius 1 is 1.04 bits per heavy atom. The van der Waals surface area contributed by atoms with Gasteiger partial charge in [0.25, 0.3) is 0 Å². The number of ether oxygens (including phenoxy) is 2. The van der Waals surface area contributed by atoms with Crippen LogP contribution in [0.4, 0.5) is 24.9 Å². The van der Waals surface area contributed by atoms with Crippen molar-refractivity contribution in [2.24, 2.45) is 5.41 Å².